The highest BCUT2D eigenvalue weighted by Crippen LogP contribution is 2.31. The molecule has 1 atom stereocenters. The third-order valence-electron chi connectivity index (χ3n) is 4.31. The van der Waals surface area contributed by atoms with Gasteiger partial charge < -0.3 is 0 Å². The van der Waals surface area contributed by atoms with Crippen LogP contribution in [0.5, 0.6) is 0 Å². The van der Waals surface area contributed by atoms with Crippen LogP contribution in [0.4, 0.5) is 0 Å². The zero-order valence-corrected chi connectivity index (χ0v) is 14.0. The number of Topliss-reactive ketones (excluding diaryl/α,β-unsaturated/α-hetero) is 1. The number of ketones is 1. The van der Waals surface area contributed by atoms with E-state index in [9.17, 15) is 13.2 Å². The Kier molecular flexibility index (Phi) is 4.08. The number of hydrogen-bond donors (Lipinski definition) is 0. The van der Waals surface area contributed by atoms with Gasteiger partial charge in [-0.1, -0.05) is 43.3 Å². The molecular formula is C18H19NO3S. The quantitative estimate of drug-likeness (QED) is 0.813. The van der Waals surface area contributed by atoms with Gasteiger partial charge in [0, 0.05) is 18.7 Å². The van der Waals surface area contributed by atoms with Gasteiger partial charge in [-0.3, -0.25) is 4.79 Å². The number of benzene rings is 2. The molecule has 0 spiro atoms. The zero-order valence-electron chi connectivity index (χ0n) is 13.2. The Bertz CT molecular complexity index is 841. The third kappa shape index (κ3) is 2.94. The van der Waals surface area contributed by atoms with Gasteiger partial charge >= 0.3 is 0 Å². The molecule has 0 N–H and O–H groups in total. The molecule has 0 aliphatic carbocycles. The summed E-state index contributed by atoms with van der Waals surface area (Å²) in [7, 11) is -3.56. The molecule has 0 radical (unpaired) electrons. The number of carbonyl (C=O) groups excluding carboxylic acids is 1. The molecule has 1 heterocycles. The van der Waals surface area contributed by atoms with Crippen molar-refractivity contribution in [3.05, 3.63) is 65.2 Å². The fourth-order valence-electron chi connectivity index (χ4n) is 3.01. The van der Waals surface area contributed by atoms with E-state index in [-0.39, 0.29) is 16.6 Å². The van der Waals surface area contributed by atoms with Crippen molar-refractivity contribution in [1.29, 1.82) is 0 Å². The first kappa shape index (κ1) is 15.9. The average Bonchev–Trinajstić information content (AvgIpc) is 2.55. The summed E-state index contributed by atoms with van der Waals surface area (Å²) in [5.74, 6) is 0.0840. The molecule has 2 aromatic rings. The Labute approximate surface area is 136 Å². The maximum Gasteiger partial charge on any atom is 0.243 e. The Morgan fingerprint density at radius 3 is 2.39 bits per heavy atom. The molecular weight excluding hydrogens is 310 g/mol. The SMILES string of the molecule is CC(=O)c1ccc(S(=O)(=O)N2Cc3ccccc3C(C)C2)cc1. The molecule has 1 aliphatic rings. The van der Waals surface area contributed by atoms with Crippen molar-refractivity contribution >= 4 is 15.8 Å². The van der Waals surface area contributed by atoms with Crippen LogP contribution in [0.2, 0.25) is 0 Å². The van der Waals surface area contributed by atoms with E-state index in [0.717, 1.165) is 5.56 Å². The van der Waals surface area contributed by atoms with Crippen molar-refractivity contribution in [3.8, 4) is 0 Å². The fraction of sp³-hybridized carbons (Fsp3) is 0.278. The van der Waals surface area contributed by atoms with Gasteiger partial charge in [0.05, 0.1) is 4.90 Å². The molecule has 0 fully saturated rings. The average molecular weight is 329 g/mol. The molecule has 120 valence electrons. The molecule has 23 heavy (non-hydrogen) atoms. The smallest absolute Gasteiger partial charge is 0.243 e. The maximum absolute atomic E-state index is 12.9. The zero-order chi connectivity index (χ0) is 16.6. The summed E-state index contributed by atoms with van der Waals surface area (Å²) in [5.41, 5.74) is 2.78. The monoisotopic (exact) mass is 329 g/mol. The van der Waals surface area contributed by atoms with Crippen LogP contribution in [0, 0.1) is 0 Å². The van der Waals surface area contributed by atoms with Crippen molar-refractivity contribution < 1.29 is 13.2 Å². The van der Waals surface area contributed by atoms with Gasteiger partial charge in [-0.05, 0) is 36.1 Å². The van der Waals surface area contributed by atoms with Crippen LogP contribution in [-0.2, 0) is 16.6 Å². The van der Waals surface area contributed by atoms with E-state index in [1.807, 2.05) is 25.1 Å². The predicted molar refractivity (Wildman–Crippen MR) is 88.9 cm³/mol. The van der Waals surface area contributed by atoms with E-state index in [0.29, 0.717) is 18.7 Å². The maximum atomic E-state index is 12.9. The van der Waals surface area contributed by atoms with Gasteiger partial charge in [0.1, 0.15) is 0 Å². The summed E-state index contributed by atoms with van der Waals surface area (Å²) >= 11 is 0. The Balaban J connectivity index is 1.93. The highest BCUT2D eigenvalue weighted by atomic mass is 32.2. The van der Waals surface area contributed by atoms with Crippen LogP contribution < -0.4 is 0 Å². The van der Waals surface area contributed by atoms with E-state index in [4.69, 9.17) is 0 Å². The van der Waals surface area contributed by atoms with Crippen LogP contribution in [0.25, 0.3) is 0 Å². The molecule has 1 unspecified atom stereocenters. The molecule has 3 rings (SSSR count). The Hall–Kier alpha value is -1.98. The first-order chi connectivity index (χ1) is 10.9. The lowest BCUT2D eigenvalue weighted by Crippen LogP contribution is -2.37. The lowest BCUT2D eigenvalue weighted by atomic mass is 9.92. The van der Waals surface area contributed by atoms with Gasteiger partial charge in [0.25, 0.3) is 0 Å². The van der Waals surface area contributed by atoms with Gasteiger partial charge in [-0.25, -0.2) is 8.42 Å². The number of fused-ring (bicyclic) bond motifs is 1. The van der Waals surface area contributed by atoms with Crippen LogP contribution in [0.15, 0.2) is 53.4 Å². The minimum absolute atomic E-state index is 0.0746. The van der Waals surface area contributed by atoms with Crippen molar-refractivity contribution in [3.63, 3.8) is 0 Å². The Morgan fingerprint density at radius 2 is 1.74 bits per heavy atom. The van der Waals surface area contributed by atoms with Crippen molar-refractivity contribution in [1.82, 2.24) is 4.31 Å². The number of hydrogen-bond acceptors (Lipinski definition) is 3. The predicted octanol–water partition coefficient (Wildman–Crippen LogP) is 3.20. The van der Waals surface area contributed by atoms with Crippen molar-refractivity contribution in [2.24, 2.45) is 0 Å². The standard InChI is InChI=1S/C18H19NO3S/c1-13-11-19(12-16-5-3-4-6-18(13)16)23(21,22)17-9-7-15(8-10-17)14(2)20/h3-10,13H,11-12H2,1-2H3. The fourth-order valence-corrected chi connectivity index (χ4v) is 4.52. The topological polar surface area (TPSA) is 54.5 Å². The van der Waals surface area contributed by atoms with E-state index in [1.54, 1.807) is 12.1 Å². The molecule has 0 bridgehead atoms. The molecule has 2 aromatic carbocycles. The Morgan fingerprint density at radius 1 is 1.09 bits per heavy atom. The van der Waals surface area contributed by atoms with E-state index in [1.165, 1.54) is 28.9 Å². The lowest BCUT2D eigenvalue weighted by Gasteiger charge is -2.32. The second kappa shape index (κ2) is 5.91. The minimum Gasteiger partial charge on any atom is -0.295 e. The number of carbonyl (C=O) groups is 1. The molecule has 0 saturated carbocycles. The van der Waals surface area contributed by atoms with Crippen molar-refractivity contribution in [2.75, 3.05) is 6.54 Å². The molecule has 0 saturated heterocycles. The van der Waals surface area contributed by atoms with E-state index in [2.05, 4.69) is 6.07 Å². The van der Waals surface area contributed by atoms with Gasteiger partial charge in [-0.15, -0.1) is 0 Å². The molecule has 1 aliphatic heterocycles. The second-order valence-corrected chi connectivity index (χ2v) is 7.92. The number of nitrogens with zero attached hydrogens (tertiary/aromatic N) is 1. The summed E-state index contributed by atoms with van der Waals surface area (Å²) < 4.78 is 27.2. The van der Waals surface area contributed by atoms with Gasteiger partial charge in [0.2, 0.25) is 10.0 Å². The summed E-state index contributed by atoms with van der Waals surface area (Å²) in [4.78, 5) is 11.6. The van der Waals surface area contributed by atoms with Crippen molar-refractivity contribution in [2.45, 2.75) is 31.2 Å². The molecule has 0 amide bonds. The third-order valence-corrected chi connectivity index (χ3v) is 6.13. The van der Waals surface area contributed by atoms with Gasteiger partial charge in [-0.2, -0.15) is 4.31 Å². The molecule has 4 nitrogen and oxygen atoms in total. The normalized spacial score (nSPS) is 18.4. The number of rotatable bonds is 3. The van der Waals surface area contributed by atoms with Crippen LogP contribution in [0.3, 0.4) is 0 Å². The van der Waals surface area contributed by atoms with Gasteiger partial charge in [0.15, 0.2) is 5.78 Å². The summed E-state index contributed by atoms with van der Waals surface area (Å²) in [6.45, 7) is 4.36. The van der Waals surface area contributed by atoms with Crippen LogP contribution in [0.1, 0.15) is 41.3 Å². The van der Waals surface area contributed by atoms with Crippen LogP contribution >= 0.6 is 0 Å². The second-order valence-electron chi connectivity index (χ2n) is 5.98. The molecule has 5 heteroatoms. The largest absolute Gasteiger partial charge is 0.295 e. The minimum atomic E-state index is -3.56. The summed E-state index contributed by atoms with van der Waals surface area (Å²) in [6.07, 6.45) is 0. The first-order valence-electron chi connectivity index (χ1n) is 7.58. The highest BCUT2D eigenvalue weighted by molar-refractivity contribution is 7.89. The van der Waals surface area contributed by atoms with E-state index >= 15 is 0 Å². The highest BCUT2D eigenvalue weighted by Gasteiger charge is 2.31. The summed E-state index contributed by atoms with van der Waals surface area (Å²) in [5, 5.41) is 0. The van der Waals surface area contributed by atoms with E-state index < -0.39 is 10.0 Å². The molecule has 0 aromatic heterocycles. The first-order valence-corrected chi connectivity index (χ1v) is 9.02. The number of sulfonamides is 1. The van der Waals surface area contributed by atoms with Crippen LogP contribution in [-0.4, -0.2) is 25.1 Å². The summed E-state index contributed by atoms with van der Waals surface area (Å²) in [6, 6.07) is 14.1. The lowest BCUT2D eigenvalue weighted by molar-refractivity contribution is 0.101.